The molecular formula is C14H21N3O. The Morgan fingerprint density at radius 3 is 2.61 bits per heavy atom. The molecule has 0 saturated heterocycles. The summed E-state index contributed by atoms with van der Waals surface area (Å²) in [5.41, 5.74) is 1.39. The minimum atomic E-state index is -0.0130. The Balaban J connectivity index is 3.00. The number of nitriles is 1. The van der Waals surface area contributed by atoms with Crippen LogP contribution in [0.3, 0.4) is 0 Å². The van der Waals surface area contributed by atoms with Crippen molar-refractivity contribution in [2.45, 2.75) is 40.2 Å². The maximum atomic E-state index is 9.13. The zero-order valence-corrected chi connectivity index (χ0v) is 11.5. The van der Waals surface area contributed by atoms with Crippen molar-refractivity contribution in [3.05, 3.63) is 23.4 Å². The lowest BCUT2D eigenvalue weighted by Crippen LogP contribution is -2.35. The molecule has 0 fully saturated rings. The standard InChI is InChI=1S/C14H21N3O/c1-10-5-6-11(9-15)13(16-10)17-12(7-8-18)14(2,3)4/h5-6,12,18H,7-8H2,1-4H3,(H,16,17). The van der Waals surface area contributed by atoms with E-state index in [1.54, 1.807) is 6.07 Å². The maximum Gasteiger partial charge on any atom is 0.144 e. The molecule has 4 nitrogen and oxygen atoms in total. The van der Waals surface area contributed by atoms with E-state index in [1.807, 2.05) is 13.0 Å². The average molecular weight is 247 g/mol. The van der Waals surface area contributed by atoms with E-state index in [-0.39, 0.29) is 18.1 Å². The lowest BCUT2D eigenvalue weighted by atomic mass is 9.85. The van der Waals surface area contributed by atoms with Crippen molar-refractivity contribution in [3.8, 4) is 6.07 Å². The predicted octanol–water partition coefficient (Wildman–Crippen LogP) is 2.47. The first-order valence-electron chi connectivity index (χ1n) is 6.13. The number of aromatic nitrogens is 1. The Labute approximate surface area is 109 Å². The summed E-state index contributed by atoms with van der Waals surface area (Å²) in [5.74, 6) is 0.603. The van der Waals surface area contributed by atoms with Gasteiger partial charge in [0, 0.05) is 18.3 Å². The smallest absolute Gasteiger partial charge is 0.144 e. The van der Waals surface area contributed by atoms with Crippen LogP contribution >= 0.6 is 0 Å². The minimum Gasteiger partial charge on any atom is -0.396 e. The van der Waals surface area contributed by atoms with Crippen molar-refractivity contribution >= 4 is 5.82 Å². The predicted molar refractivity (Wildman–Crippen MR) is 72.3 cm³/mol. The number of rotatable bonds is 4. The highest BCUT2D eigenvalue weighted by Gasteiger charge is 2.25. The van der Waals surface area contributed by atoms with E-state index in [9.17, 15) is 0 Å². The molecule has 1 rings (SSSR count). The van der Waals surface area contributed by atoms with Gasteiger partial charge in [-0.25, -0.2) is 4.98 Å². The first-order chi connectivity index (χ1) is 8.38. The van der Waals surface area contributed by atoms with E-state index in [2.05, 4.69) is 37.1 Å². The van der Waals surface area contributed by atoms with E-state index in [4.69, 9.17) is 10.4 Å². The van der Waals surface area contributed by atoms with Crippen LogP contribution in [0.15, 0.2) is 12.1 Å². The summed E-state index contributed by atoms with van der Waals surface area (Å²) in [5, 5.41) is 21.5. The summed E-state index contributed by atoms with van der Waals surface area (Å²) in [6.07, 6.45) is 0.629. The Morgan fingerprint density at radius 2 is 2.11 bits per heavy atom. The highest BCUT2D eigenvalue weighted by Crippen LogP contribution is 2.26. The van der Waals surface area contributed by atoms with E-state index >= 15 is 0 Å². The van der Waals surface area contributed by atoms with E-state index in [0.29, 0.717) is 17.8 Å². The normalized spacial score (nSPS) is 12.9. The molecule has 2 N–H and O–H groups in total. The van der Waals surface area contributed by atoms with Gasteiger partial charge in [0.25, 0.3) is 0 Å². The van der Waals surface area contributed by atoms with Gasteiger partial charge in [0.1, 0.15) is 11.9 Å². The molecule has 0 amide bonds. The molecule has 1 atom stereocenters. The second-order valence-corrected chi connectivity index (χ2v) is 5.54. The molecule has 0 bridgehead atoms. The average Bonchev–Trinajstić information content (AvgIpc) is 2.27. The van der Waals surface area contributed by atoms with Gasteiger partial charge in [-0.05, 0) is 30.9 Å². The van der Waals surface area contributed by atoms with E-state index < -0.39 is 0 Å². The van der Waals surface area contributed by atoms with Crippen LogP contribution < -0.4 is 5.32 Å². The van der Waals surface area contributed by atoms with Crippen LogP contribution in [0.4, 0.5) is 5.82 Å². The van der Waals surface area contributed by atoms with Crippen LogP contribution in [-0.2, 0) is 0 Å². The topological polar surface area (TPSA) is 68.9 Å². The number of aliphatic hydroxyl groups is 1. The Kier molecular flexibility index (Phi) is 4.69. The van der Waals surface area contributed by atoms with Crippen LogP contribution in [0.5, 0.6) is 0 Å². The van der Waals surface area contributed by atoms with Crippen LogP contribution in [0.1, 0.15) is 38.4 Å². The van der Waals surface area contributed by atoms with Crippen LogP contribution in [0, 0.1) is 23.7 Å². The molecule has 18 heavy (non-hydrogen) atoms. The molecule has 4 heteroatoms. The number of anilines is 1. The Bertz CT molecular complexity index is 443. The van der Waals surface area contributed by atoms with Gasteiger partial charge in [-0.1, -0.05) is 20.8 Å². The fraction of sp³-hybridized carbons (Fsp3) is 0.571. The van der Waals surface area contributed by atoms with Crippen LogP contribution in [0.25, 0.3) is 0 Å². The summed E-state index contributed by atoms with van der Waals surface area (Å²) in [6, 6.07) is 5.80. The molecule has 0 spiro atoms. The summed E-state index contributed by atoms with van der Waals surface area (Å²) in [4.78, 5) is 4.36. The number of nitrogens with zero attached hydrogens (tertiary/aromatic N) is 2. The van der Waals surface area contributed by atoms with Crippen molar-refractivity contribution in [1.29, 1.82) is 5.26 Å². The molecule has 0 aromatic carbocycles. The first-order valence-corrected chi connectivity index (χ1v) is 6.13. The summed E-state index contributed by atoms with van der Waals surface area (Å²) in [6.45, 7) is 8.31. The number of aryl methyl sites for hydroxylation is 1. The Hall–Kier alpha value is -1.60. The van der Waals surface area contributed by atoms with Gasteiger partial charge in [-0.15, -0.1) is 0 Å². The molecule has 1 heterocycles. The van der Waals surface area contributed by atoms with E-state index in [0.717, 1.165) is 5.69 Å². The third-order valence-corrected chi connectivity index (χ3v) is 2.93. The molecule has 1 aromatic heterocycles. The highest BCUT2D eigenvalue weighted by molar-refractivity contribution is 5.52. The van der Waals surface area contributed by atoms with E-state index in [1.165, 1.54) is 0 Å². The molecule has 0 aliphatic carbocycles. The fourth-order valence-electron chi connectivity index (χ4n) is 1.77. The Morgan fingerprint density at radius 1 is 1.44 bits per heavy atom. The molecule has 0 saturated carbocycles. The molecule has 0 aliphatic rings. The summed E-state index contributed by atoms with van der Waals surface area (Å²) in [7, 11) is 0. The number of nitrogens with one attached hydrogen (secondary N) is 1. The molecule has 0 radical (unpaired) electrons. The first kappa shape index (κ1) is 14.5. The highest BCUT2D eigenvalue weighted by atomic mass is 16.3. The van der Waals surface area contributed by atoms with Gasteiger partial charge in [-0.3, -0.25) is 0 Å². The largest absolute Gasteiger partial charge is 0.396 e. The minimum absolute atomic E-state index is 0.0130. The second kappa shape index (κ2) is 5.83. The number of pyridine rings is 1. The summed E-state index contributed by atoms with van der Waals surface area (Å²) >= 11 is 0. The maximum absolute atomic E-state index is 9.13. The van der Waals surface area contributed by atoms with Crippen molar-refractivity contribution in [1.82, 2.24) is 4.98 Å². The van der Waals surface area contributed by atoms with Crippen molar-refractivity contribution < 1.29 is 5.11 Å². The number of hydrogen-bond donors (Lipinski definition) is 2. The second-order valence-electron chi connectivity index (χ2n) is 5.54. The third kappa shape index (κ3) is 3.71. The lowest BCUT2D eigenvalue weighted by molar-refractivity contribution is 0.235. The number of hydrogen-bond acceptors (Lipinski definition) is 4. The van der Waals surface area contributed by atoms with Gasteiger partial charge in [0.15, 0.2) is 0 Å². The van der Waals surface area contributed by atoms with Crippen LogP contribution in [-0.4, -0.2) is 22.7 Å². The van der Waals surface area contributed by atoms with Gasteiger partial charge in [0.2, 0.25) is 0 Å². The lowest BCUT2D eigenvalue weighted by Gasteiger charge is -2.31. The molecule has 98 valence electrons. The monoisotopic (exact) mass is 247 g/mol. The van der Waals surface area contributed by atoms with Crippen molar-refractivity contribution in [2.24, 2.45) is 5.41 Å². The fourth-order valence-corrected chi connectivity index (χ4v) is 1.77. The van der Waals surface area contributed by atoms with Crippen molar-refractivity contribution in [3.63, 3.8) is 0 Å². The van der Waals surface area contributed by atoms with Crippen LogP contribution in [0.2, 0.25) is 0 Å². The molecule has 0 aliphatic heterocycles. The molecule has 1 aromatic rings. The van der Waals surface area contributed by atoms with Gasteiger partial charge in [0.05, 0.1) is 5.56 Å². The molecular weight excluding hydrogens is 226 g/mol. The number of aliphatic hydroxyl groups excluding tert-OH is 1. The SMILES string of the molecule is Cc1ccc(C#N)c(NC(CCO)C(C)(C)C)n1. The van der Waals surface area contributed by atoms with Gasteiger partial charge >= 0.3 is 0 Å². The zero-order valence-electron chi connectivity index (χ0n) is 11.5. The quantitative estimate of drug-likeness (QED) is 0.857. The molecule has 1 unspecified atom stereocenters. The van der Waals surface area contributed by atoms with Gasteiger partial charge in [-0.2, -0.15) is 5.26 Å². The zero-order chi connectivity index (χ0) is 13.8. The summed E-state index contributed by atoms with van der Waals surface area (Å²) < 4.78 is 0. The van der Waals surface area contributed by atoms with Gasteiger partial charge < -0.3 is 10.4 Å². The third-order valence-electron chi connectivity index (χ3n) is 2.93. The van der Waals surface area contributed by atoms with Crippen molar-refractivity contribution in [2.75, 3.05) is 11.9 Å².